The number of ether oxygens (including phenoxy) is 2. The van der Waals surface area contributed by atoms with Crippen molar-refractivity contribution < 1.29 is 55.1 Å². The summed E-state index contributed by atoms with van der Waals surface area (Å²) in [5, 5.41) is 19.2. The number of aldehydes is 1. The number of esters is 1. The number of cyclic esters (lactones) is 1. The molecule has 1 aliphatic rings. The number of aliphatic hydroxyl groups is 1. The number of aromatic nitrogens is 2. The van der Waals surface area contributed by atoms with Crippen LogP contribution in [-0.4, -0.2) is 34.8 Å². The number of hydrogen-bond donors (Lipinski definition) is 1. The third kappa shape index (κ3) is 7.02. The van der Waals surface area contributed by atoms with Crippen LogP contribution in [0.15, 0.2) is 101 Å². The van der Waals surface area contributed by atoms with E-state index in [9.17, 15) is 41.0 Å². The molecule has 0 amide bonds. The molecule has 1 atom stereocenters. The van der Waals surface area contributed by atoms with Gasteiger partial charge in [0.2, 0.25) is 0 Å². The fraction of sp³-hybridized carbons (Fsp3) is 0.152. The van der Waals surface area contributed by atoms with E-state index >= 15 is 0 Å². The van der Waals surface area contributed by atoms with Gasteiger partial charge in [0.15, 0.2) is 0 Å². The predicted octanol–water partition coefficient (Wildman–Crippen LogP) is 7.17. The zero-order valence-electron chi connectivity index (χ0n) is 24.1. The fourth-order valence-electron chi connectivity index (χ4n) is 4.79. The molecule has 14 heteroatoms. The van der Waals surface area contributed by atoms with Crippen LogP contribution < -0.4 is 4.74 Å². The summed E-state index contributed by atoms with van der Waals surface area (Å²) in [4.78, 5) is 23.2. The molecule has 6 rings (SSSR count). The maximum Gasteiger partial charge on any atom is 0.416 e. The highest BCUT2D eigenvalue weighted by Gasteiger charge is 2.48. The third-order valence-corrected chi connectivity index (χ3v) is 7.22. The first-order chi connectivity index (χ1) is 22.2. The molecule has 2 heterocycles. The standard InChI is InChI=1S/C25H17F3N2O5.C8H5F3O/c1-33-18-9-7-16(8-10-18)24(32)19(12-14-2-5-17(6-3-14)25(26,27)28)22(23(31)34-24)15-4-11-20-21(13-15)30-35-29-20;9-8(10,11)7-3-1-6(5-12)2-4-7/h2-11,13,32H,12H2,1H3;1-5H. The largest absolute Gasteiger partial charge is 0.497 e. The van der Waals surface area contributed by atoms with Crippen LogP contribution in [0.2, 0.25) is 0 Å². The Morgan fingerprint density at radius 3 is 1.94 bits per heavy atom. The summed E-state index contributed by atoms with van der Waals surface area (Å²) in [6, 6.07) is 19.6. The molecule has 1 unspecified atom stereocenters. The molecule has 0 radical (unpaired) electrons. The zero-order chi connectivity index (χ0) is 34.0. The predicted molar refractivity (Wildman–Crippen MR) is 154 cm³/mol. The van der Waals surface area contributed by atoms with Gasteiger partial charge in [0, 0.05) is 23.1 Å². The topological polar surface area (TPSA) is 112 Å². The zero-order valence-corrected chi connectivity index (χ0v) is 24.1. The van der Waals surface area contributed by atoms with Crippen LogP contribution >= 0.6 is 0 Å². The Morgan fingerprint density at radius 2 is 1.38 bits per heavy atom. The Balaban J connectivity index is 0.000000305. The first-order valence-corrected chi connectivity index (χ1v) is 13.6. The normalized spacial score (nSPS) is 16.5. The molecule has 0 spiro atoms. The number of rotatable bonds is 6. The molecule has 0 fully saturated rings. The summed E-state index contributed by atoms with van der Waals surface area (Å²) >= 11 is 0. The van der Waals surface area contributed by atoms with Crippen LogP contribution in [0.25, 0.3) is 16.6 Å². The maximum atomic E-state index is 13.1. The van der Waals surface area contributed by atoms with Gasteiger partial charge in [0.25, 0.3) is 5.79 Å². The minimum absolute atomic E-state index is 0.0587. The smallest absolute Gasteiger partial charge is 0.416 e. The minimum Gasteiger partial charge on any atom is -0.497 e. The molecule has 242 valence electrons. The maximum absolute atomic E-state index is 13.1. The number of nitrogens with zero attached hydrogens (tertiary/aromatic N) is 2. The molecule has 8 nitrogen and oxygen atoms in total. The van der Waals surface area contributed by atoms with Crippen molar-refractivity contribution in [3.63, 3.8) is 0 Å². The lowest BCUT2D eigenvalue weighted by molar-refractivity contribution is -0.185. The van der Waals surface area contributed by atoms with Crippen LogP contribution in [0.3, 0.4) is 0 Å². The number of fused-ring (bicyclic) bond motifs is 1. The van der Waals surface area contributed by atoms with Crippen molar-refractivity contribution in [3.8, 4) is 5.75 Å². The van der Waals surface area contributed by atoms with Gasteiger partial charge in [-0.25, -0.2) is 9.42 Å². The first-order valence-electron chi connectivity index (χ1n) is 13.6. The Hall–Kier alpha value is -5.50. The second kappa shape index (κ2) is 12.7. The molecular formula is C33H22F6N2O6. The summed E-state index contributed by atoms with van der Waals surface area (Å²) in [6.45, 7) is 0. The number of carbonyl (C=O) groups is 2. The van der Waals surface area contributed by atoms with Gasteiger partial charge in [-0.15, -0.1) is 0 Å². The van der Waals surface area contributed by atoms with Crippen molar-refractivity contribution in [3.05, 3.63) is 130 Å². The van der Waals surface area contributed by atoms with E-state index in [1.54, 1.807) is 42.5 Å². The van der Waals surface area contributed by atoms with Crippen LogP contribution in [-0.2, 0) is 34.1 Å². The highest BCUT2D eigenvalue weighted by Crippen LogP contribution is 2.45. The molecule has 1 aliphatic heterocycles. The van der Waals surface area contributed by atoms with Gasteiger partial charge in [-0.3, -0.25) is 4.79 Å². The van der Waals surface area contributed by atoms with Gasteiger partial charge in [-0.2, -0.15) is 26.3 Å². The van der Waals surface area contributed by atoms with Crippen molar-refractivity contribution >= 4 is 28.9 Å². The fourth-order valence-corrected chi connectivity index (χ4v) is 4.79. The van der Waals surface area contributed by atoms with Gasteiger partial charge >= 0.3 is 18.3 Å². The molecule has 0 aliphatic carbocycles. The summed E-state index contributed by atoms with van der Waals surface area (Å²) in [5.74, 6) is -2.42. The number of methoxy groups -OCH3 is 1. The van der Waals surface area contributed by atoms with Crippen molar-refractivity contribution in [1.29, 1.82) is 0 Å². The van der Waals surface area contributed by atoms with E-state index in [-0.39, 0.29) is 28.7 Å². The Labute approximate surface area is 261 Å². The molecule has 4 aromatic carbocycles. The third-order valence-electron chi connectivity index (χ3n) is 7.22. The number of hydrogen-bond acceptors (Lipinski definition) is 8. The summed E-state index contributed by atoms with van der Waals surface area (Å²) in [5.41, 5.74) is 0.889. The Kier molecular flexibility index (Phi) is 8.89. The lowest BCUT2D eigenvalue weighted by Gasteiger charge is -2.26. The first kappa shape index (κ1) is 32.9. The van der Waals surface area contributed by atoms with Gasteiger partial charge in [-0.1, -0.05) is 30.3 Å². The van der Waals surface area contributed by atoms with Crippen LogP contribution in [0, 0.1) is 0 Å². The van der Waals surface area contributed by atoms with Crippen LogP contribution in [0.4, 0.5) is 26.3 Å². The summed E-state index contributed by atoms with van der Waals surface area (Å²) in [7, 11) is 1.49. The highest BCUT2D eigenvalue weighted by molar-refractivity contribution is 6.20. The average Bonchev–Trinajstić information content (AvgIpc) is 3.62. The van der Waals surface area contributed by atoms with E-state index < -0.39 is 35.2 Å². The lowest BCUT2D eigenvalue weighted by atomic mass is 9.88. The van der Waals surface area contributed by atoms with E-state index in [0.29, 0.717) is 34.2 Å². The van der Waals surface area contributed by atoms with E-state index in [0.717, 1.165) is 36.4 Å². The van der Waals surface area contributed by atoms with Gasteiger partial charge in [0.1, 0.15) is 23.1 Å². The van der Waals surface area contributed by atoms with Gasteiger partial charge in [0.05, 0.1) is 23.8 Å². The van der Waals surface area contributed by atoms with Crippen molar-refractivity contribution in [2.24, 2.45) is 0 Å². The van der Waals surface area contributed by atoms with Crippen LogP contribution in [0.5, 0.6) is 5.75 Å². The number of halogens is 6. The quantitative estimate of drug-likeness (QED) is 0.116. The summed E-state index contributed by atoms with van der Waals surface area (Å²) in [6.07, 6.45) is -8.38. The Morgan fingerprint density at radius 1 is 0.809 bits per heavy atom. The van der Waals surface area contributed by atoms with Crippen molar-refractivity contribution in [1.82, 2.24) is 10.3 Å². The molecule has 0 saturated carbocycles. The minimum atomic E-state index is -4.49. The van der Waals surface area contributed by atoms with Gasteiger partial charge < -0.3 is 14.6 Å². The molecule has 1 N–H and O–H groups in total. The Bertz CT molecular complexity index is 1930. The van der Waals surface area contributed by atoms with Crippen molar-refractivity contribution in [2.75, 3.05) is 7.11 Å². The van der Waals surface area contributed by atoms with Crippen molar-refractivity contribution in [2.45, 2.75) is 24.6 Å². The number of benzene rings is 4. The molecule has 5 aromatic rings. The average molecular weight is 657 g/mol. The molecule has 0 saturated heterocycles. The van der Waals surface area contributed by atoms with Gasteiger partial charge in [-0.05, 0) is 82.1 Å². The van der Waals surface area contributed by atoms with Crippen LogP contribution in [0.1, 0.15) is 38.2 Å². The summed E-state index contributed by atoms with van der Waals surface area (Å²) < 4.78 is 90.2. The SMILES string of the molecule is COc1ccc(C2(O)OC(=O)C(c3ccc4nonc4c3)=C2Cc2ccc(C(F)(F)F)cc2)cc1.O=Cc1ccc(C(F)(F)F)cc1. The van der Waals surface area contributed by atoms with E-state index in [4.69, 9.17) is 14.1 Å². The number of carbonyl (C=O) groups excluding carboxylic acids is 2. The lowest BCUT2D eigenvalue weighted by Crippen LogP contribution is -2.29. The molecule has 47 heavy (non-hydrogen) atoms. The van der Waals surface area contributed by atoms with E-state index in [1.807, 2.05) is 0 Å². The molecule has 0 bridgehead atoms. The number of alkyl halides is 6. The monoisotopic (exact) mass is 656 g/mol. The second-order valence-corrected chi connectivity index (χ2v) is 10.2. The van der Waals surface area contributed by atoms with E-state index in [1.165, 1.54) is 19.2 Å². The molecule has 1 aromatic heterocycles. The highest BCUT2D eigenvalue weighted by atomic mass is 19.4. The second-order valence-electron chi connectivity index (χ2n) is 10.2. The molecular weight excluding hydrogens is 634 g/mol. The van der Waals surface area contributed by atoms with E-state index in [2.05, 4.69) is 10.3 Å².